The molecule has 17 heavy (non-hydrogen) atoms. The standard InChI is InChI=1S/C11H18O6/c1-8(2)11(13)16-6-5-15-7-10(12)17-9(3)14-4/h9H,1,5-7H2,2-4H3. The number of hydrogen-bond acceptors (Lipinski definition) is 6. The minimum Gasteiger partial charge on any atom is -0.460 e. The molecule has 6 heteroatoms. The monoisotopic (exact) mass is 246 g/mol. The first-order chi connectivity index (χ1) is 7.97. The van der Waals surface area contributed by atoms with Crippen molar-refractivity contribution in [3.8, 4) is 0 Å². The molecular formula is C11H18O6. The van der Waals surface area contributed by atoms with Gasteiger partial charge >= 0.3 is 11.9 Å². The van der Waals surface area contributed by atoms with Crippen LogP contribution in [0.1, 0.15) is 13.8 Å². The third kappa shape index (κ3) is 8.41. The molecule has 1 atom stereocenters. The van der Waals surface area contributed by atoms with Gasteiger partial charge in [-0.05, 0) is 13.8 Å². The van der Waals surface area contributed by atoms with E-state index in [2.05, 4.69) is 6.58 Å². The van der Waals surface area contributed by atoms with Crippen LogP contribution in [0.2, 0.25) is 0 Å². The molecule has 1 unspecified atom stereocenters. The number of esters is 2. The van der Waals surface area contributed by atoms with Gasteiger partial charge in [-0.1, -0.05) is 6.58 Å². The number of methoxy groups -OCH3 is 1. The molecule has 0 heterocycles. The van der Waals surface area contributed by atoms with E-state index < -0.39 is 18.2 Å². The minimum absolute atomic E-state index is 0.0683. The first kappa shape index (κ1) is 15.6. The van der Waals surface area contributed by atoms with Crippen LogP contribution in [0.3, 0.4) is 0 Å². The highest BCUT2D eigenvalue weighted by Crippen LogP contribution is 1.94. The van der Waals surface area contributed by atoms with Gasteiger partial charge in [0.1, 0.15) is 13.2 Å². The van der Waals surface area contributed by atoms with Crippen molar-refractivity contribution < 1.29 is 28.5 Å². The summed E-state index contributed by atoms with van der Waals surface area (Å²) in [6, 6.07) is 0. The Morgan fingerprint density at radius 2 is 1.94 bits per heavy atom. The van der Waals surface area contributed by atoms with Crippen molar-refractivity contribution in [2.24, 2.45) is 0 Å². The maximum atomic E-state index is 11.1. The quantitative estimate of drug-likeness (QED) is 0.271. The van der Waals surface area contributed by atoms with Crippen LogP contribution in [0.25, 0.3) is 0 Å². The first-order valence-corrected chi connectivity index (χ1v) is 5.10. The fourth-order valence-corrected chi connectivity index (χ4v) is 0.739. The van der Waals surface area contributed by atoms with Gasteiger partial charge < -0.3 is 18.9 Å². The molecule has 6 nitrogen and oxygen atoms in total. The average Bonchev–Trinajstić information content (AvgIpc) is 2.27. The molecule has 0 aliphatic heterocycles. The molecule has 0 spiro atoms. The van der Waals surface area contributed by atoms with Crippen molar-refractivity contribution in [2.75, 3.05) is 26.9 Å². The first-order valence-electron chi connectivity index (χ1n) is 5.10. The lowest BCUT2D eigenvalue weighted by atomic mass is 10.4. The van der Waals surface area contributed by atoms with Crippen LogP contribution in [0, 0.1) is 0 Å². The molecule has 0 aliphatic rings. The van der Waals surface area contributed by atoms with Gasteiger partial charge in [0.2, 0.25) is 0 Å². The van der Waals surface area contributed by atoms with Gasteiger partial charge in [0, 0.05) is 12.7 Å². The maximum Gasteiger partial charge on any atom is 0.334 e. The molecule has 0 radical (unpaired) electrons. The van der Waals surface area contributed by atoms with Crippen LogP contribution in [-0.2, 0) is 28.5 Å². The summed E-state index contributed by atoms with van der Waals surface area (Å²) in [6.45, 7) is 6.54. The zero-order valence-corrected chi connectivity index (χ0v) is 10.4. The highest BCUT2D eigenvalue weighted by molar-refractivity contribution is 5.86. The number of carbonyl (C=O) groups excluding carboxylic acids is 2. The molecule has 0 bridgehead atoms. The fourth-order valence-electron chi connectivity index (χ4n) is 0.739. The van der Waals surface area contributed by atoms with Crippen molar-refractivity contribution in [1.82, 2.24) is 0 Å². The zero-order chi connectivity index (χ0) is 13.3. The Kier molecular flexibility index (Phi) is 8.00. The highest BCUT2D eigenvalue weighted by Gasteiger charge is 2.08. The van der Waals surface area contributed by atoms with Crippen molar-refractivity contribution in [2.45, 2.75) is 20.1 Å². The maximum absolute atomic E-state index is 11.1. The summed E-state index contributed by atoms with van der Waals surface area (Å²) >= 11 is 0. The SMILES string of the molecule is C=C(C)C(=O)OCCOCC(=O)OC(C)OC. The van der Waals surface area contributed by atoms with E-state index in [1.807, 2.05) is 0 Å². The van der Waals surface area contributed by atoms with Gasteiger partial charge in [0.15, 0.2) is 6.29 Å². The molecule has 0 N–H and O–H groups in total. The summed E-state index contributed by atoms with van der Waals surface area (Å²) in [6.07, 6.45) is -0.604. The molecule has 0 saturated carbocycles. The Morgan fingerprint density at radius 3 is 2.47 bits per heavy atom. The molecule has 0 aromatic heterocycles. The molecule has 0 saturated heterocycles. The number of carbonyl (C=O) groups is 2. The van der Waals surface area contributed by atoms with Gasteiger partial charge in [-0.2, -0.15) is 0 Å². The van der Waals surface area contributed by atoms with Crippen molar-refractivity contribution in [3.05, 3.63) is 12.2 Å². The summed E-state index contributed by atoms with van der Waals surface area (Å²) in [5.74, 6) is -1.02. The Hall–Kier alpha value is -1.40. The molecular weight excluding hydrogens is 228 g/mol. The molecule has 0 fully saturated rings. The van der Waals surface area contributed by atoms with E-state index in [0.29, 0.717) is 5.57 Å². The number of hydrogen-bond donors (Lipinski definition) is 0. The zero-order valence-electron chi connectivity index (χ0n) is 10.4. The lowest BCUT2D eigenvalue weighted by molar-refractivity contribution is -0.175. The molecule has 0 amide bonds. The Balaban J connectivity index is 3.49. The van der Waals surface area contributed by atoms with E-state index in [1.165, 1.54) is 7.11 Å². The van der Waals surface area contributed by atoms with Crippen molar-refractivity contribution >= 4 is 11.9 Å². The topological polar surface area (TPSA) is 71.1 Å². The predicted octanol–water partition coefficient (Wildman–Crippen LogP) is 0.658. The second-order valence-corrected chi connectivity index (χ2v) is 3.26. The summed E-state index contributed by atoms with van der Waals surface area (Å²) in [5.41, 5.74) is 0.318. The fraction of sp³-hybridized carbons (Fsp3) is 0.636. The molecule has 0 aromatic rings. The van der Waals surface area contributed by atoms with Crippen LogP contribution in [0.5, 0.6) is 0 Å². The number of rotatable bonds is 8. The minimum atomic E-state index is -0.604. The van der Waals surface area contributed by atoms with E-state index in [1.54, 1.807) is 13.8 Å². The van der Waals surface area contributed by atoms with Crippen molar-refractivity contribution in [3.63, 3.8) is 0 Å². The van der Waals surface area contributed by atoms with E-state index in [-0.39, 0.29) is 19.8 Å². The smallest absolute Gasteiger partial charge is 0.334 e. The van der Waals surface area contributed by atoms with Crippen LogP contribution in [-0.4, -0.2) is 45.2 Å². The van der Waals surface area contributed by atoms with Crippen molar-refractivity contribution in [1.29, 1.82) is 0 Å². The van der Waals surface area contributed by atoms with Gasteiger partial charge in [-0.25, -0.2) is 9.59 Å². The molecule has 0 rings (SSSR count). The van der Waals surface area contributed by atoms with Crippen LogP contribution >= 0.6 is 0 Å². The summed E-state index contributed by atoms with van der Waals surface area (Å²) < 4.78 is 19.2. The average molecular weight is 246 g/mol. The summed E-state index contributed by atoms with van der Waals surface area (Å²) in [7, 11) is 1.43. The second-order valence-electron chi connectivity index (χ2n) is 3.26. The van der Waals surface area contributed by atoms with E-state index >= 15 is 0 Å². The Bertz CT molecular complexity index is 273. The third-order valence-electron chi connectivity index (χ3n) is 1.66. The molecule has 98 valence electrons. The lowest BCUT2D eigenvalue weighted by Crippen LogP contribution is -2.21. The highest BCUT2D eigenvalue weighted by atomic mass is 16.7. The van der Waals surface area contributed by atoms with Gasteiger partial charge in [0.05, 0.1) is 6.61 Å². The van der Waals surface area contributed by atoms with E-state index in [0.717, 1.165) is 0 Å². The lowest BCUT2D eigenvalue weighted by Gasteiger charge is -2.11. The third-order valence-corrected chi connectivity index (χ3v) is 1.66. The molecule has 0 aromatic carbocycles. The largest absolute Gasteiger partial charge is 0.460 e. The summed E-state index contributed by atoms with van der Waals surface area (Å²) in [4.78, 5) is 22.0. The van der Waals surface area contributed by atoms with E-state index in [4.69, 9.17) is 18.9 Å². The van der Waals surface area contributed by atoms with Crippen LogP contribution < -0.4 is 0 Å². The Labute approximate surface area is 100 Å². The Morgan fingerprint density at radius 1 is 1.29 bits per heavy atom. The summed E-state index contributed by atoms with van der Waals surface area (Å²) in [5, 5.41) is 0. The van der Waals surface area contributed by atoms with E-state index in [9.17, 15) is 9.59 Å². The second kappa shape index (κ2) is 8.72. The van der Waals surface area contributed by atoms with Crippen LogP contribution in [0.15, 0.2) is 12.2 Å². The van der Waals surface area contributed by atoms with Gasteiger partial charge in [0.25, 0.3) is 0 Å². The molecule has 0 aliphatic carbocycles. The number of ether oxygens (including phenoxy) is 4. The normalized spacial score (nSPS) is 11.7. The van der Waals surface area contributed by atoms with Gasteiger partial charge in [-0.3, -0.25) is 0 Å². The van der Waals surface area contributed by atoms with Gasteiger partial charge in [-0.15, -0.1) is 0 Å². The van der Waals surface area contributed by atoms with Crippen LogP contribution in [0.4, 0.5) is 0 Å². The predicted molar refractivity (Wildman–Crippen MR) is 59.2 cm³/mol.